The Labute approximate surface area is 40.9 Å². The third-order valence-corrected chi connectivity index (χ3v) is 0. The summed E-state index contributed by atoms with van der Waals surface area (Å²) in [4.78, 5) is 0. The third-order valence-electron chi connectivity index (χ3n) is 0. The summed E-state index contributed by atoms with van der Waals surface area (Å²) in [5, 5.41) is 7.46. The average Bonchev–Trinajstić information content (AvgIpc) is 0.918. The van der Waals surface area contributed by atoms with Crippen LogP contribution < -0.4 is 0 Å². The van der Waals surface area contributed by atoms with Crippen LogP contribution in [0.2, 0.25) is 0 Å². The Balaban J connectivity index is 0. The van der Waals surface area contributed by atoms with Crippen LogP contribution in [0.25, 0.3) is 0 Å². The molecule has 0 saturated heterocycles. The van der Waals surface area contributed by atoms with E-state index in [2.05, 4.69) is 6.92 Å². The second-order valence-corrected chi connectivity index (χ2v) is 0.224. The predicted molar refractivity (Wildman–Crippen MR) is 12.4 cm³/mol. The summed E-state index contributed by atoms with van der Waals surface area (Å²) < 4.78 is 0. The Morgan fingerprint density at radius 1 is 1.75 bits per heavy atom. The van der Waals surface area contributed by atoms with Crippen molar-refractivity contribution in [3.8, 4) is 0 Å². The largest absolute Gasteiger partial charge is 0.396 e. The first-order valence-electron chi connectivity index (χ1n) is 0.816. The summed E-state index contributed by atoms with van der Waals surface area (Å²) in [6.07, 6.45) is 0. The molecule has 0 aliphatic heterocycles. The molecule has 0 aromatic heterocycles. The molecule has 0 aromatic carbocycles. The molecule has 0 saturated carbocycles. The van der Waals surface area contributed by atoms with Crippen molar-refractivity contribution in [2.24, 2.45) is 0 Å². The number of hydrogen-bond acceptors (Lipinski definition) is 1. The first-order valence-corrected chi connectivity index (χ1v) is 0.816. The van der Waals surface area contributed by atoms with E-state index in [4.69, 9.17) is 5.11 Å². The molecule has 23 valence electrons. The number of rotatable bonds is 0. The molecule has 0 unspecified atom stereocenters. The molecule has 0 bridgehead atoms. The summed E-state index contributed by atoms with van der Waals surface area (Å²) >= 11 is 0. The zero-order valence-corrected chi connectivity index (χ0v) is 3.92. The van der Waals surface area contributed by atoms with Crippen LogP contribution in [0.15, 0.2) is 0 Å². The van der Waals surface area contributed by atoms with Crippen molar-refractivity contribution >= 4 is 0 Å². The Bertz CT molecular complexity index is 6.00. The fraction of sp³-hybridized carbons (Fsp3) is 0.500. The summed E-state index contributed by atoms with van der Waals surface area (Å²) in [5.74, 6) is 0. The van der Waals surface area contributed by atoms with Crippen LogP contribution in [-0.4, -0.2) is 11.7 Å². The van der Waals surface area contributed by atoms with Gasteiger partial charge in [0.2, 0.25) is 0 Å². The van der Waals surface area contributed by atoms with Gasteiger partial charge in [0.05, 0.1) is 0 Å². The van der Waals surface area contributed by atoms with Crippen molar-refractivity contribution in [2.75, 3.05) is 6.61 Å². The van der Waals surface area contributed by atoms with Gasteiger partial charge in [-0.25, -0.2) is 0 Å². The van der Waals surface area contributed by atoms with E-state index in [1.54, 1.807) is 0 Å². The molecule has 0 spiro atoms. The van der Waals surface area contributed by atoms with Gasteiger partial charge in [-0.1, -0.05) is 0 Å². The molecule has 0 rings (SSSR count). The summed E-state index contributed by atoms with van der Waals surface area (Å²) in [6.45, 7) is 3.04. The van der Waals surface area contributed by atoms with Gasteiger partial charge in [0.15, 0.2) is 0 Å². The monoisotopic (exact) mass is 93.0 g/mol. The van der Waals surface area contributed by atoms with Gasteiger partial charge in [0, 0.05) is 28.3 Å². The second kappa shape index (κ2) is 9.37. The maximum atomic E-state index is 7.46. The van der Waals surface area contributed by atoms with Gasteiger partial charge in [0.1, 0.15) is 0 Å². The minimum Gasteiger partial charge on any atom is -0.396 e. The van der Waals surface area contributed by atoms with Gasteiger partial charge in [-0.2, -0.15) is 0 Å². The van der Waals surface area contributed by atoms with Crippen LogP contribution in [0, 0.1) is 6.92 Å². The maximum Gasteiger partial charge on any atom is 0.0431 e. The van der Waals surface area contributed by atoms with Crippen molar-refractivity contribution in [1.82, 2.24) is 0 Å². The molecule has 1 radical (unpaired) electrons. The summed E-state index contributed by atoms with van der Waals surface area (Å²) in [5.41, 5.74) is 0. The normalized spacial score (nSPS) is 4.50. The van der Waals surface area contributed by atoms with E-state index in [1.165, 1.54) is 0 Å². The quantitative estimate of drug-likeness (QED) is 0.411. The zero-order valence-electron chi connectivity index (χ0n) is 2.36. The SMILES string of the molecule is [CH2]CO.[Ti]. The molecule has 0 amide bonds. The van der Waals surface area contributed by atoms with Gasteiger partial charge >= 0.3 is 0 Å². The Hall–Kier alpha value is 0.674. The van der Waals surface area contributed by atoms with E-state index in [0.717, 1.165) is 0 Å². The molecule has 0 fully saturated rings. The van der Waals surface area contributed by atoms with Crippen LogP contribution in [0.1, 0.15) is 0 Å². The fourth-order valence-corrected chi connectivity index (χ4v) is 0. The number of aliphatic hydroxyl groups excluding tert-OH is 1. The van der Waals surface area contributed by atoms with Crippen molar-refractivity contribution in [1.29, 1.82) is 0 Å². The standard InChI is InChI=1S/C2H5O.Ti/c1-2-3;/h3H,1-2H2;. The van der Waals surface area contributed by atoms with Crippen LogP contribution in [0.5, 0.6) is 0 Å². The van der Waals surface area contributed by atoms with Gasteiger partial charge in [-0.15, -0.1) is 0 Å². The summed E-state index contributed by atoms with van der Waals surface area (Å²) in [6, 6.07) is 0. The van der Waals surface area contributed by atoms with Gasteiger partial charge < -0.3 is 5.11 Å². The van der Waals surface area contributed by atoms with E-state index in [9.17, 15) is 0 Å². The van der Waals surface area contributed by atoms with Crippen molar-refractivity contribution in [3.05, 3.63) is 6.92 Å². The van der Waals surface area contributed by atoms with E-state index in [0.29, 0.717) is 0 Å². The molecule has 0 heterocycles. The average molecular weight is 92.9 g/mol. The molecule has 1 nitrogen and oxygen atoms in total. The molecule has 0 aliphatic rings. The topological polar surface area (TPSA) is 20.2 Å². The number of aliphatic hydroxyl groups is 1. The van der Waals surface area contributed by atoms with Crippen LogP contribution in [-0.2, 0) is 21.7 Å². The molecular weight excluding hydrogens is 87.9 g/mol. The minimum absolute atomic E-state index is 0. The molecule has 0 atom stereocenters. The second-order valence-electron chi connectivity index (χ2n) is 0.224. The van der Waals surface area contributed by atoms with Gasteiger partial charge in [-0.3, -0.25) is 0 Å². The summed E-state index contributed by atoms with van der Waals surface area (Å²) in [7, 11) is 0. The van der Waals surface area contributed by atoms with E-state index in [1.807, 2.05) is 0 Å². The zero-order chi connectivity index (χ0) is 2.71. The molecule has 0 aliphatic carbocycles. The van der Waals surface area contributed by atoms with E-state index < -0.39 is 0 Å². The van der Waals surface area contributed by atoms with Crippen molar-refractivity contribution in [2.45, 2.75) is 0 Å². The molecule has 0 aromatic rings. The first-order chi connectivity index (χ1) is 1.41. The third kappa shape index (κ3) is 16.5. The minimum atomic E-state index is 0. The first kappa shape index (κ1) is 8.82. The van der Waals surface area contributed by atoms with Gasteiger partial charge in [0.25, 0.3) is 0 Å². The maximum absolute atomic E-state index is 7.46. The molecular formula is C2H5OTi. The smallest absolute Gasteiger partial charge is 0.0431 e. The Kier molecular flexibility index (Phi) is 20.7. The Morgan fingerprint density at radius 2 is 1.75 bits per heavy atom. The molecule has 4 heavy (non-hydrogen) atoms. The van der Waals surface area contributed by atoms with Crippen molar-refractivity contribution in [3.63, 3.8) is 0 Å². The predicted octanol–water partition coefficient (Wildman–Crippen LogP) is -0.190. The van der Waals surface area contributed by atoms with Crippen LogP contribution >= 0.6 is 0 Å². The number of hydrogen-bond donors (Lipinski definition) is 1. The fourth-order valence-electron chi connectivity index (χ4n) is 0. The molecule has 1 N–H and O–H groups in total. The van der Waals surface area contributed by atoms with E-state index >= 15 is 0 Å². The van der Waals surface area contributed by atoms with Crippen LogP contribution in [0.4, 0.5) is 0 Å². The van der Waals surface area contributed by atoms with E-state index in [-0.39, 0.29) is 28.3 Å². The Morgan fingerprint density at radius 3 is 1.75 bits per heavy atom. The molecule has 2 heteroatoms. The van der Waals surface area contributed by atoms with Crippen molar-refractivity contribution < 1.29 is 26.8 Å². The van der Waals surface area contributed by atoms with Crippen LogP contribution in [0.3, 0.4) is 0 Å². The van der Waals surface area contributed by atoms with Gasteiger partial charge in [-0.05, 0) is 6.92 Å².